The van der Waals surface area contributed by atoms with Gasteiger partial charge in [0.2, 0.25) is 0 Å². The zero-order chi connectivity index (χ0) is 10.6. The second kappa shape index (κ2) is 5.41. The van der Waals surface area contributed by atoms with Gasteiger partial charge in [-0.3, -0.25) is 0 Å². The lowest BCUT2D eigenvalue weighted by Crippen LogP contribution is -2.01. The summed E-state index contributed by atoms with van der Waals surface area (Å²) in [5.41, 5.74) is 0.858. The van der Waals surface area contributed by atoms with E-state index in [0.29, 0.717) is 22.6 Å². The van der Waals surface area contributed by atoms with Crippen molar-refractivity contribution in [2.24, 2.45) is 0 Å². The third kappa shape index (κ3) is 3.35. The van der Waals surface area contributed by atoms with Gasteiger partial charge in [0.05, 0.1) is 4.47 Å². The first-order valence-electron chi connectivity index (χ1n) is 3.99. The van der Waals surface area contributed by atoms with E-state index in [1.54, 1.807) is 12.1 Å². The van der Waals surface area contributed by atoms with Gasteiger partial charge < -0.3 is 4.74 Å². The Morgan fingerprint density at radius 2 is 2.29 bits per heavy atom. The van der Waals surface area contributed by atoms with Gasteiger partial charge in [-0.05, 0) is 33.6 Å². The maximum absolute atomic E-state index is 13.0. The van der Waals surface area contributed by atoms with Crippen molar-refractivity contribution in [3.8, 4) is 5.75 Å². The molecule has 1 aromatic carbocycles. The molecule has 0 amide bonds. The number of rotatable bonds is 4. The van der Waals surface area contributed by atoms with E-state index in [1.165, 1.54) is 6.07 Å². The Balaban J connectivity index is 2.60. The number of hydrogen-bond donors (Lipinski definition) is 1. The number of thiol groups is 1. The Labute approximate surface area is 96.5 Å². The summed E-state index contributed by atoms with van der Waals surface area (Å²) in [5, 5.41) is 0. The third-order valence-electron chi connectivity index (χ3n) is 1.56. The summed E-state index contributed by atoms with van der Waals surface area (Å²) >= 11 is 7.10. The van der Waals surface area contributed by atoms with Crippen LogP contribution in [-0.2, 0) is 0 Å². The molecule has 76 valence electrons. The highest BCUT2D eigenvalue weighted by atomic mass is 79.9. The molecule has 0 saturated carbocycles. The molecule has 0 aliphatic carbocycles. The molecule has 0 spiro atoms. The predicted molar refractivity (Wildman–Crippen MR) is 62.6 cm³/mol. The van der Waals surface area contributed by atoms with E-state index < -0.39 is 0 Å². The van der Waals surface area contributed by atoms with Crippen molar-refractivity contribution < 1.29 is 9.13 Å². The molecule has 0 N–H and O–H groups in total. The summed E-state index contributed by atoms with van der Waals surface area (Å²) in [7, 11) is 0. The fourth-order valence-corrected chi connectivity index (χ4v) is 1.14. The van der Waals surface area contributed by atoms with E-state index in [4.69, 9.17) is 4.74 Å². The van der Waals surface area contributed by atoms with Crippen molar-refractivity contribution >= 4 is 28.6 Å². The van der Waals surface area contributed by atoms with E-state index in [9.17, 15) is 4.39 Å². The van der Waals surface area contributed by atoms with Crippen molar-refractivity contribution in [1.29, 1.82) is 0 Å². The monoisotopic (exact) mass is 276 g/mol. The van der Waals surface area contributed by atoms with Crippen LogP contribution in [0.5, 0.6) is 5.75 Å². The highest BCUT2D eigenvalue weighted by Crippen LogP contribution is 2.21. The fraction of sp³-hybridized carbons (Fsp3) is 0.200. The van der Waals surface area contributed by atoms with Gasteiger partial charge in [0.25, 0.3) is 0 Å². The Morgan fingerprint density at radius 3 is 2.86 bits per heavy atom. The second-order valence-electron chi connectivity index (χ2n) is 2.77. The van der Waals surface area contributed by atoms with Crippen molar-refractivity contribution in [2.75, 3.05) is 12.4 Å². The Morgan fingerprint density at radius 1 is 1.57 bits per heavy atom. The molecule has 0 atom stereocenters. The average molecular weight is 277 g/mol. The summed E-state index contributed by atoms with van der Waals surface area (Å²) in [6, 6.07) is 4.63. The van der Waals surface area contributed by atoms with Gasteiger partial charge in [0.15, 0.2) is 0 Å². The molecule has 0 bridgehead atoms. The molecule has 0 saturated heterocycles. The van der Waals surface area contributed by atoms with Gasteiger partial charge >= 0.3 is 0 Å². The quantitative estimate of drug-likeness (QED) is 0.655. The highest BCUT2D eigenvalue weighted by molar-refractivity contribution is 9.10. The summed E-state index contributed by atoms with van der Waals surface area (Å²) < 4.78 is 18.7. The van der Waals surface area contributed by atoms with Crippen LogP contribution >= 0.6 is 28.6 Å². The van der Waals surface area contributed by atoms with Crippen molar-refractivity contribution in [2.45, 2.75) is 0 Å². The molecule has 0 aliphatic rings. The first-order valence-corrected chi connectivity index (χ1v) is 5.41. The van der Waals surface area contributed by atoms with Crippen LogP contribution in [0.2, 0.25) is 0 Å². The fourth-order valence-electron chi connectivity index (χ4n) is 0.798. The molecule has 0 fully saturated rings. The van der Waals surface area contributed by atoms with E-state index in [1.807, 2.05) is 0 Å². The van der Waals surface area contributed by atoms with Gasteiger partial charge in [-0.15, -0.1) is 0 Å². The van der Waals surface area contributed by atoms with Gasteiger partial charge in [0.1, 0.15) is 18.2 Å². The van der Waals surface area contributed by atoms with Crippen LogP contribution in [0.15, 0.2) is 34.8 Å². The molecule has 14 heavy (non-hydrogen) atoms. The lowest BCUT2D eigenvalue weighted by Gasteiger charge is -2.07. The zero-order valence-corrected chi connectivity index (χ0v) is 9.95. The largest absolute Gasteiger partial charge is 0.489 e. The molecule has 0 unspecified atom stereocenters. The Kier molecular flexibility index (Phi) is 4.48. The van der Waals surface area contributed by atoms with Crippen molar-refractivity contribution in [3.05, 3.63) is 40.6 Å². The van der Waals surface area contributed by atoms with Crippen LogP contribution in [-0.4, -0.2) is 12.4 Å². The Hall–Kier alpha value is -0.480. The summed E-state index contributed by atoms with van der Waals surface area (Å²) in [6.07, 6.45) is 0. The van der Waals surface area contributed by atoms with Crippen LogP contribution in [0.4, 0.5) is 4.39 Å². The topological polar surface area (TPSA) is 9.23 Å². The third-order valence-corrected chi connectivity index (χ3v) is 2.65. The highest BCUT2D eigenvalue weighted by Gasteiger charge is 2.01. The van der Waals surface area contributed by atoms with E-state index in [2.05, 4.69) is 35.1 Å². The smallest absolute Gasteiger partial charge is 0.141 e. The SMILES string of the molecule is C=C(CS)COc1ccc(Br)c(F)c1. The van der Waals surface area contributed by atoms with Crippen molar-refractivity contribution in [1.82, 2.24) is 0 Å². The molecular formula is C10H10BrFOS. The molecule has 4 heteroatoms. The molecule has 0 aromatic heterocycles. The number of hydrogen-bond acceptors (Lipinski definition) is 2. The van der Waals surface area contributed by atoms with Gasteiger partial charge in [-0.1, -0.05) is 6.58 Å². The summed E-state index contributed by atoms with van der Waals surface area (Å²) in [6.45, 7) is 4.09. The maximum Gasteiger partial charge on any atom is 0.141 e. The lowest BCUT2D eigenvalue weighted by molar-refractivity contribution is 0.351. The van der Waals surface area contributed by atoms with Crippen LogP contribution in [0.1, 0.15) is 0 Å². The second-order valence-corrected chi connectivity index (χ2v) is 3.94. The van der Waals surface area contributed by atoms with Crippen LogP contribution in [0, 0.1) is 5.82 Å². The predicted octanol–water partition coefficient (Wildman–Crippen LogP) is 3.45. The number of halogens is 2. The Bertz CT molecular complexity index is 341. The first-order chi connectivity index (χ1) is 6.63. The van der Waals surface area contributed by atoms with Gasteiger partial charge in [-0.25, -0.2) is 4.39 Å². The minimum atomic E-state index is -0.334. The maximum atomic E-state index is 13.0. The minimum Gasteiger partial charge on any atom is -0.489 e. The van der Waals surface area contributed by atoms with E-state index in [-0.39, 0.29) is 5.82 Å². The normalized spacial score (nSPS) is 9.93. The summed E-state index contributed by atoms with van der Waals surface area (Å²) in [5.74, 6) is 0.728. The zero-order valence-electron chi connectivity index (χ0n) is 7.46. The first kappa shape index (κ1) is 11.6. The number of ether oxygens (including phenoxy) is 1. The molecule has 1 aromatic rings. The van der Waals surface area contributed by atoms with Crippen molar-refractivity contribution in [3.63, 3.8) is 0 Å². The van der Waals surface area contributed by atoms with Gasteiger partial charge in [-0.2, -0.15) is 12.6 Å². The van der Waals surface area contributed by atoms with E-state index >= 15 is 0 Å². The molecule has 1 rings (SSSR count). The molecule has 0 radical (unpaired) electrons. The molecule has 0 heterocycles. The lowest BCUT2D eigenvalue weighted by atomic mass is 10.3. The number of benzene rings is 1. The minimum absolute atomic E-state index is 0.334. The van der Waals surface area contributed by atoms with Crippen LogP contribution < -0.4 is 4.74 Å². The van der Waals surface area contributed by atoms with Crippen LogP contribution in [0.25, 0.3) is 0 Å². The van der Waals surface area contributed by atoms with Crippen LogP contribution in [0.3, 0.4) is 0 Å². The summed E-state index contributed by atoms with van der Waals surface area (Å²) in [4.78, 5) is 0. The molecule has 1 nitrogen and oxygen atoms in total. The van der Waals surface area contributed by atoms with E-state index in [0.717, 1.165) is 5.57 Å². The average Bonchev–Trinajstić information content (AvgIpc) is 2.19. The molecular weight excluding hydrogens is 267 g/mol. The van der Waals surface area contributed by atoms with Gasteiger partial charge in [0, 0.05) is 11.8 Å². The molecule has 0 aliphatic heterocycles. The standard InChI is InChI=1S/C10H10BrFOS/c1-7(6-14)5-13-8-2-3-9(11)10(12)4-8/h2-4,14H,1,5-6H2.